The van der Waals surface area contributed by atoms with E-state index < -0.39 is 0 Å². The average Bonchev–Trinajstić information content (AvgIpc) is 3.19. The molecule has 1 aliphatic carbocycles. The Labute approximate surface area is 124 Å². The number of hydrogen-bond acceptors (Lipinski definition) is 5. The normalized spacial score (nSPS) is 20.1. The van der Waals surface area contributed by atoms with E-state index in [1.807, 2.05) is 0 Å². The van der Waals surface area contributed by atoms with Crippen LogP contribution < -0.4 is 5.32 Å². The molecule has 1 saturated carbocycles. The molecule has 1 aromatic rings. The largest absolute Gasteiger partial charge is 0.380 e. The average molecular weight is 293 g/mol. The van der Waals surface area contributed by atoms with Crippen molar-refractivity contribution in [3.63, 3.8) is 0 Å². The quantitative estimate of drug-likeness (QED) is 0.782. The molecule has 0 atom stereocenters. The number of nitrogens with zero attached hydrogens (tertiary/aromatic N) is 2. The number of methoxy groups -OCH3 is 1. The SMILES string of the molecule is COCC1=CCN(Cc2csc(CNC3CC3)n2)CC1. The van der Waals surface area contributed by atoms with Gasteiger partial charge in [0.1, 0.15) is 5.01 Å². The van der Waals surface area contributed by atoms with E-state index in [2.05, 4.69) is 21.7 Å². The topological polar surface area (TPSA) is 37.4 Å². The zero-order valence-corrected chi connectivity index (χ0v) is 12.9. The smallest absolute Gasteiger partial charge is 0.107 e. The lowest BCUT2D eigenvalue weighted by Crippen LogP contribution is -2.29. The molecule has 1 fully saturated rings. The highest BCUT2D eigenvalue weighted by Gasteiger charge is 2.20. The predicted molar refractivity (Wildman–Crippen MR) is 81.8 cm³/mol. The van der Waals surface area contributed by atoms with Crippen molar-refractivity contribution in [1.29, 1.82) is 0 Å². The first-order valence-corrected chi connectivity index (χ1v) is 8.27. The summed E-state index contributed by atoms with van der Waals surface area (Å²) in [6, 6.07) is 0.758. The predicted octanol–water partition coefficient (Wildman–Crippen LogP) is 2.17. The zero-order chi connectivity index (χ0) is 13.8. The zero-order valence-electron chi connectivity index (χ0n) is 12.1. The molecule has 5 heteroatoms. The summed E-state index contributed by atoms with van der Waals surface area (Å²) in [5.74, 6) is 0. The fraction of sp³-hybridized carbons (Fsp3) is 0.667. The molecule has 20 heavy (non-hydrogen) atoms. The third-order valence-corrected chi connectivity index (χ3v) is 4.72. The van der Waals surface area contributed by atoms with E-state index in [1.165, 1.54) is 29.1 Å². The van der Waals surface area contributed by atoms with Crippen molar-refractivity contribution in [2.45, 2.75) is 38.4 Å². The first kappa shape index (κ1) is 14.2. The van der Waals surface area contributed by atoms with Crippen molar-refractivity contribution < 1.29 is 4.74 Å². The van der Waals surface area contributed by atoms with E-state index in [-0.39, 0.29) is 0 Å². The second-order valence-corrected chi connectivity index (χ2v) is 6.61. The van der Waals surface area contributed by atoms with Crippen molar-refractivity contribution in [1.82, 2.24) is 15.2 Å². The monoisotopic (exact) mass is 293 g/mol. The second-order valence-electron chi connectivity index (χ2n) is 5.67. The first-order chi connectivity index (χ1) is 9.83. The molecule has 1 N–H and O–H groups in total. The van der Waals surface area contributed by atoms with Crippen LogP contribution in [-0.2, 0) is 17.8 Å². The number of hydrogen-bond donors (Lipinski definition) is 1. The number of ether oxygens (including phenoxy) is 1. The summed E-state index contributed by atoms with van der Waals surface area (Å²) in [5.41, 5.74) is 2.64. The summed E-state index contributed by atoms with van der Waals surface area (Å²) >= 11 is 1.78. The van der Waals surface area contributed by atoms with Gasteiger partial charge in [-0.05, 0) is 24.8 Å². The molecule has 2 heterocycles. The minimum Gasteiger partial charge on any atom is -0.380 e. The lowest BCUT2D eigenvalue weighted by molar-refractivity contribution is 0.210. The van der Waals surface area contributed by atoms with E-state index >= 15 is 0 Å². The number of aromatic nitrogens is 1. The maximum atomic E-state index is 5.18. The molecule has 0 aromatic carbocycles. The maximum Gasteiger partial charge on any atom is 0.107 e. The van der Waals surface area contributed by atoms with Crippen LogP contribution in [0.15, 0.2) is 17.0 Å². The third kappa shape index (κ3) is 4.12. The fourth-order valence-electron chi connectivity index (χ4n) is 2.46. The third-order valence-electron chi connectivity index (χ3n) is 3.82. The van der Waals surface area contributed by atoms with Crippen LogP contribution in [0.1, 0.15) is 30.0 Å². The fourth-order valence-corrected chi connectivity index (χ4v) is 3.20. The molecule has 2 aliphatic rings. The van der Waals surface area contributed by atoms with Gasteiger partial charge in [-0.25, -0.2) is 4.98 Å². The van der Waals surface area contributed by atoms with Crippen molar-refractivity contribution in [2.24, 2.45) is 0 Å². The van der Waals surface area contributed by atoms with Gasteiger partial charge in [0, 0.05) is 44.7 Å². The molecular weight excluding hydrogens is 270 g/mol. The molecule has 1 aliphatic heterocycles. The summed E-state index contributed by atoms with van der Waals surface area (Å²) in [6.45, 7) is 4.82. The van der Waals surface area contributed by atoms with Gasteiger partial charge < -0.3 is 10.1 Å². The molecular formula is C15H23N3OS. The molecule has 0 amide bonds. The van der Waals surface area contributed by atoms with Crippen LogP contribution >= 0.6 is 11.3 Å². The van der Waals surface area contributed by atoms with Gasteiger partial charge in [0.05, 0.1) is 12.3 Å². The Morgan fingerprint density at radius 3 is 3.10 bits per heavy atom. The summed E-state index contributed by atoms with van der Waals surface area (Å²) in [5, 5.41) is 6.95. The minimum absolute atomic E-state index is 0.758. The molecule has 3 rings (SSSR count). The van der Waals surface area contributed by atoms with Crippen molar-refractivity contribution in [3.05, 3.63) is 27.7 Å². The molecule has 1 aromatic heterocycles. The highest BCUT2D eigenvalue weighted by atomic mass is 32.1. The van der Waals surface area contributed by atoms with Gasteiger partial charge in [0.2, 0.25) is 0 Å². The molecule has 110 valence electrons. The van der Waals surface area contributed by atoms with Gasteiger partial charge in [-0.1, -0.05) is 6.08 Å². The van der Waals surface area contributed by atoms with Crippen molar-refractivity contribution in [2.75, 3.05) is 26.8 Å². The van der Waals surface area contributed by atoms with Gasteiger partial charge in [0.15, 0.2) is 0 Å². The molecule has 4 nitrogen and oxygen atoms in total. The van der Waals surface area contributed by atoms with Gasteiger partial charge in [0.25, 0.3) is 0 Å². The lowest BCUT2D eigenvalue weighted by Gasteiger charge is -2.25. The second kappa shape index (κ2) is 6.80. The van der Waals surface area contributed by atoms with E-state index in [9.17, 15) is 0 Å². The molecule has 0 radical (unpaired) electrons. The van der Waals surface area contributed by atoms with E-state index in [1.54, 1.807) is 18.4 Å². The van der Waals surface area contributed by atoms with E-state index in [0.717, 1.165) is 45.2 Å². The summed E-state index contributed by atoms with van der Waals surface area (Å²) in [6.07, 6.45) is 6.09. The van der Waals surface area contributed by atoms with E-state index in [0.29, 0.717) is 0 Å². The summed E-state index contributed by atoms with van der Waals surface area (Å²) in [7, 11) is 1.76. The van der Waals surface area contributed by atoms with Crippen LogP contribution in [0.3, 0.4) is 0 Å². The summed E-state index contributed by atoms with van der Waals surface area (Å²) in [4.78, 5) is 7.18. The Kier molecular flexibility index (Phi) is 4.83. The Balaban J connectivity index is 1.45. The highest BCUT2D eigenvalue weighted by Crippen LogP contribution is 2.20. The van der Waals surface area contributed by atoms with Crippen LogP contribution in [-0.4, -0.2) is 42.7 Å². The van der Waals surface area contributed by atoms with Gasteiger partial charge in [-0.15, -0.1) is 11.3 Å². The van der Waals surface area contributed by atoms with Gasteiger partial charge in [-0.3, -0.25) is 4.90 Å². The summed E-state index contributed by atoms with van der Waals surface area (Å²) < 4.78 is 5.18. The Morgan fingerprint density at radius 1 is 1.50 bits per heavy atom. The van der Waals surface area contributed by atoms with Crippen LogP contribution in [0.2, 0.25) is 0 Å². The Hall–Kier alpha value is -0.750. The maximum absolute atomic E-state index is 5.18. The lowest BCUT2D eigenvalue weighted by atomic mass is 10.1. The number of nitrogens with one attached hydrogen (secondary N) is 1. The van der Waals surface area contributed by atoms with Crippen LogP contribution in [0, 0.1) is 0 Å². The van der Waals surface area contributed by atoms with Crippen LogP contribution in [0.25, 0.3) is 0 Å². The highest BCUT2D eigenvalue weighted by molar-refractivity contribution is 7.09. The Morgan fingerprint density at radius 2 is 2.40 bits per heavy atom. The van der Waals surface area contributed by atoms with Crippen molar-refractivity contribution >= 4 is 11.3 Å². The molecule has 0 spiro atoms. The standard InChI is InChI=1S/C15H23N3OS/c1-19-10-12-4-6-18(7-5-12)9-14-11-20-15(17-14)8-16-13-2-3-13/h4,11,13,16H,2-3,5-10H2,1H3. The molecule has 0 unspecified atom stereocenters. The Bertz CT molecular complexity index is 467. The van der Waals surface area contributed by atoms with E-state index in [4.69, 9.17) is 9.72 Å². The van der Waals surface area contributed by atoms with Gasteiger partial charge >= 0.3 is 0 Å². The first-order valence-electron chi connectivity index (χ1n) is 7.39. The minimum atomic E-state index is 0.758. The van der Waals surface area contributed by atoms with Crippen LogP contribution in [0.4, 0.5) is 0 Å². The molecule has 0 bridgehead atoms. The molecule has 0 saturated heterocycles. The van der Waals surface area contributed by atoms with Gasteiger partial charge in [-0.2, -0.15) is 0 Å². The number of thiazole rings is 1. The van der Waals surface area contributed by atoms with Crippen molar-refractivity contribution in [3.8, 4) is 0 Å². The van der Waals surface area contributed by atoms with Crippen LogP contribution in [0.5, 0.6) is 0 Å². The number of rotatable bonds is 7.